The van der Waals surface area contributed by atoms with E-state index in [0.29, 0.717) is 12.0 Å². The fraction of sp³-hybridized carbons (Fsp3) is 1.00. The Hall–Kier alpha value is -0.160. The molecule has 2 aliphatic rings. The van der Waals surface area contributed by atoms with Gasteiger partial charge in [-0.3, -0.25) is 4.90 Å². The average molecular weight is 242 g/mol. The maximum absolute atomic E-state index is 9.54. The minimum atomic E-state index is -0.386. The zero-order valence-electron chi connectivity index (χ0n) is 10.9. The molecule has 1 aliphatic heterocycles. The van der Waals surface area contributed by atoms with E-state index in [1.165, 1.54) is 12.8 Å². The fourth-order valence-corrected chi connectivity index (χ4v) is 2.74. The van der Waals surface area contributed by atoms with Crippen molar-refractivity contribution in [3.63, 3.8) is 0 Å². The van der Waals surface area contributed by atoms with Gasteiger partial charge in [-0.25, -0.2) is 0 Å². The maximum Gasteiger partial charge on any atom is 0.0699 e. The molecule has 1 saturated heterocycles. The second-order valence-electron chi connectivity index (χ2n) is 5.66. The zero-order chi connectivity index (χ0) is 12.3. The lowest BCUT2D eigenvalue weighted by molar-refractivity contribution is 0.0442. The van der Waals surface area contributed by atoms with Crippen molar-refractivity contribution in [3.8, 4) is 0 Å². The molecule has 2 fully saturated rings. The van der Waals surface area contributed by atoms with Gasteiger partial charge in [0.05, 0.1) is 18.2 Å². The van der Waals surface area contributed by atoms with Crippen molar-refractivity contribution >= 4 is 0 Å². The molecule has 0 radical (unpaired) electrons. The molecule has 4 nitrogen and oxygen atoms in total. The van der Waals surface area contributed by atoms with Gasteiger partial charge >= 0.3 is 0 Å². The van der Waals surface area contributed by atoms with Crippen LogP contribution < -0.4 is 5.73 Å². The fourth-order valence-electron chi connectivity index (χ4n) is 2.74. The van der Waals surface area contributed by atoms with Crippen LogP contribution in [0.5, 0.6) is 0 Å². The van der Waals surface area contributed by atoms with Gasteiger partial charge in [0.15, 0.2) is 0 Å². The van der Waals surface area contributed by atoms with E-state index in [2.05, 4.69) is 11.8 Å². The summed E-state index contributed by atoms with van der Waals surface area (Å²) in [6.45, 7) is 5.94. The summed E-state index contributed by atoms with van der Waals surface area (Å²) in [6, 6.07) is 0. The van der Waals surface area contributed by atoms with Gasteiger partial charge in [0, 0.05) is 26.2 Å². The average Bonchev–Trinajstić information content (AvgIpc) is 3.16. The summed E-state index contributed by atoms with van der Waals surface area (Å²) in [5, 5.41) is 9.54. The first-order valence-electron chi connectivity index (χ1n) is 6.91. The van der Waals surface area contributed by atoms with Gasteiger partial charge in [-0.2, -0.15) is 0 Å². The highest BCUT2D eigenvalue weighted by Crippen LogP contribution is 2.38. The SMILES string of the molecule is CCC1CN(CC(N)(CO)C2CC2)CCCO1. The first-order valence-corrected chi connectivity index (χ1v) is 6.91. The number of hydrogen-bond acceptors (Lipinski definition) is 4. The molecule has 2 unspecified atom stereocenters. The van der Waals surface area contributed by atoms with Crippen LogP contribution in [-0.4, -0.2) is 54.5 Å². The van der Waals surface area contributed by atoms with E-state index in [4.69, 9.17) is 10.5 Å². The number of nitrogens with zero attached hydrogens (tertiary/aromatic N) is 1. The molecular formula is C13H26N2O2. The van der Waals surface area contributed by atoms with Crippen LogP contribution in [0.1, 0.15) is 32.6 Å². The number of ether oxygens (including phenoxy) is 1. The summed E-state index contributed by atoms with van der Waals surface area (Å²) in [4.78, 5) is 2.38. The summed E-state index contributed by atoms with van der Waals surface area (Å²) in [5.41, 5.74) is 5.95. The second kappa shape index (κ2) is 5.65. The lowest BCUT2D eigenvalue weighted by atomic mass is 9.94. The highest BCUT2D eigenvalue weighted by atomic mass is 16.5. The smallest absolute Gasteiger partial charge is 0.0699 e. The van der Waals surface area contributed by atoms with Gasteiger partial charge in [0.2, 0.25) is 0 Å². The first-order chi connectivity index (χ1) is 8.18. The van der Waals surface area contributed by atoms with E-state index < -0.39 is 0 Å². The van der Waals surface area contributed by atoms with E-state index in [0.717, 1.165) is 39.1 Å². The molecule has 2 rings (SSSR count). The van der Waals surface area contributed by atoms with E-state index in [9.17, 15) is 5.11 Å². The molecule has 0 bridgehead atoms. The van der Waals surface area contributed by atoms with Gasteiger partial charge in [-0.05, 0) is 31.6 Å². The van der Waals surface area contributed by atoms with Crippen molar-refractivity contribution in [3.05, 3.63) is 0 Å². The molecule has 0 amide bonds. The topological polar surface area (TPSA) is 58.7 Å². The quantitative estimate of drug-likeness (QED) is 0.741. The van der Waals surface area contributed by atoms with Crippen molar-refractivity contribution in [1.82, 2.24) is 4.90 Å². The molecule has 0 aromatic carbocycles. The second-order valence-corrected chi connectivity index (χ2v) is 5.66. The van der Waals surface area contributed by atoms with Crippen LogP contribution in [0.4, 0.5) is 0 Å². The molecule has 0 aromatic rings. The van der Waals surface area contributed by atoms with Crippen molar-refractivity contribution in [1.29, 1.82) is 0 Å². The Bertz CT molecular complexity index is 246. The molecule has 17 heavy (non-hydrogen) atoms. The number of aliphatic hydroxyl groups excluding tert-OH is 1. The summed E-state index contributed by atoms with van der Waals surface area (Å²) in [7, 11) is 0. The molecule has 1 heterocycles. The lowest BCUT2D eigenvalue weighted by Gasteiger charge is -2.34. The number of rotatable bonds is 5. The first kappa shape index (κ1) is 13.3. The molecule has 4 heteroatoms. The van der Waals surface area contributed by atoms with Gasteiger partial charge in [0.1, 0.15) is 0 Å². The predicted octanol–water partition coefficient (Wildman–Crippen LogP) is 0.587. The third kappa shape index (κ3) is 3.41. The van der Waals surface area contributed by atoms with E-state index in [1.54, 1.807) is 0 Å². The van der Waals surface area contributed by atoms with Crippen LogP contribution in [0, 0.1) is 5.92 Å². The van der Waals surface area contributed by atoms with Gasteiger partial charge < -0.3 is 15.6 Å². The molecule has 0 aromatic heterocycles. The minimum Gasteiger partial charge on any atom is -0.394 e. The van der Waals surface area contributed by atoms with Crippen LogP contribution in [0.15, 0.2) is 0 Å². The van der Waals surface area contributed by atoms with Gasteiger partial charge in [-0.15, -0.1) is 0 Å². The van der Waals surface area contributed by atoms with Crippen molar-refractivity contribution in [2.45, 2.75) is 44.2 Å². The molecule has 3 N–H and O–H groups in total. The van der Waals surface area contributed by atoms with Crippen LogP contribution in [0.25, 0.3) is 0 Å². The van der Waals surface area contributed by atoms with Crippen molar-refractivity contribution < 1.29 is 9.84 Å². The molecule has 0 spiro atoms. The number of aliphatic hydroxyl groups is 1. The van der Waals surface area contributed by atoms with Crippen molar-refractivity contribution in [2.75, 3.05) is 32.8 Å². The van der Waals surface area contributed by atoms with E-state index >= 15 is 0 Å². The molecule has 2 atom stereocenters. The predicted molar refractivity (Wildman–Crippen MR) is 67.8 cm³/mol. The third-order valence-corrected chi connectivity index (χ3v) is 4.09. The van der Waals surface area contributed by atoms with Crippen LogP contribution in [-0.2, 0) is 4.74 Å². The van der Waals surface area contributed by atoms with Crippen LogP contribution in [0.3, 0.4) is 0 Å². The van der Waals surface area contributed by atoms with Crippen LogP contribution in [0.2, 0.25) is 0 Å². The standard InChI is InChI=1S/C13H26N2O2/c1-2-12-8-15(6-3-7-17-12)9-13(14,10-16)11-4-5-11/h11-12,16H,2-10,14H2,1H3. The number of hydrogen-bond donors (Lipinski definition) is 2. The van der Waals surface area contributed by atoms with E-state index in [1.807, 2.05) is 0 Å². The molecule has 1 saturated carbocycles. The summed E-state index contributed by atoms with van der Waals surface area (Å²) < 4.78 is 5.76. The number of nitrogens with two attached hydrogens (primary N) is 1. The highest BCUT2D eigenvalue weighted by molar-refractivity contribution is 5.00. The van der Waals surface area contributed by atoms with Gasteiger partial charge in [-0.1, -0.05) is 6.92 Å². The Morgan fingerprint density at radius 1 is 1.47 bits per heavy atom. The largest absolute Gasteiger partial charge is 0.394 e. The Morgan fingerprint density at radius 2 is 2.24 bits per heavy atom. The monoisotopic (exact) mass is 242 g/mol. The Labute approximate surface area is 104 Å². The Kier molecular flexibility index (Phi) is 4.42. The summed E-state index contributed by atoms with van der Waals surface area (Å²) in [5.74, 6) is 0.525. The summed E-state index contributed by atoms with van der Waals surface area (Å²) in [6.07, 6.45) is 4.82. The Morgan fingerprint density at radius 3 is 2.82 bits per heavy atom. The molecule has 100 valence electrons. The van der Waals surface area contributed by atoms with Crippen molar-refractivity contribution in [2.24, 2.45) is 11.7 Å². The Balaban J connectivity index is 1.91. The lowest BCUT2D eigenvalue weighted by Crippen LogP contribution is -2.55. The minimum absolute atomic E-state index is 0.103. The molecular weight excluding hydrogens is 216 g/mol. The van der Waals surface area contributed by atoms with Gasteiger partial charge in [0.25, 0.3) is 0 Å². The normalized spacial score (nSPS) is 30.9. The van der Waals surface area contributed by atoms with E-state index in [-0.39, 0.29) is 12.1 Å². The van der Waals surface area contributed by atoms with Crippen LogP contribution >= 0.6 is 0 Å². The zero-order valence-corrected chi connectivity index (χ0v) is 10.9. The molecule has 1 aliphatic carbocycles. The highest BCUT2D eigenvalue weighted by Gasteiger charge is 2.43. The summed E-state index contributed by atoms with van der Waals surface area (Å²) >= 11 is 0. The maximum atomic E-state index is 9.54. The third-order valence-electron chi connectivity index (χ3n) is 4.09.